The average molecular weight is 240 g/mol. The Hall–Kier alpha value is -0.870. The standard InChI is InChI=1S/C12H20N2OS/c1-2-10(8-13)7-12(15)14-5-3-11-4-6-16-9-11/h4,6,9-10H,2-3,5,7-8,13H2,1H3,(H,14,15). The summed E-state index contributed by atoms with van der Waals surface area (Å²) in [5.74, 6) is 0.439. The van der Waals surface area contributed by atoms with Crippen molar-refractivity contribution in [3.63, 3.8) is 0 Å². The smallest absolute Gasteiger partial charge is 0.220 e. The number of thiophene rings is 1. The minimum Gasteiger partial charge on any atom is -0.356 e. The number of carbonyl (C=O) groups is 1. The molecule has 0 aliphatic heterocycles. The van der Waals surface area contributed by atoms with Crippen molar-refractivity contribution in [1.82, 2.24) is 5.32 Å². The van der Waals surface area contributed by atoms with Crippen molar-refractivity contribution in [1.29, 1.82) is 0 Å². The zero-order valence-corrected chi connectivity index (χ0v) is 10.6. The second-order valence-electron chi connectivity index (χ2n) is 3.95. The first kappa shape index (κ1) is 13.2. The van der Waals surface area contributed by atoms with E-state index in [1.807, 2.05) is 0 Å². The molecular formula is C12H20N2OS. The van der Waals surface area contributed by atoms with Gasteiger partial charge in [0.1, 0.15) is 0 Å². The first-order chi connectivity index (χ1) is 7.76. The maximum absolute atomic E-state index is 11.5. The highest BCUT2D eigenvalue weighted by Gasteiger charge is 2.09. The Labute approximate surface area is 101 Å². The maximum Gasteiger partial charge on any atom is 0.220 e. The normalized spacial score (nSPS) is 12.4. The van der Waals surface area contributed by atoms with Crippen molar-refractivity contribution < 1.29 is 4.79 Å². The summed E-state index contributed by atoms with van der Waals surface area (Å²) in [5, 5.41) is 7.10. The van der Waals surface area contributed by atoms with E-state index in [9.17, 15) is 4.79 Å². The number of rotatable bonds is 7. The third kappa shape index (κ3) is 4.77. The van der Waals surface area contributed by atoms with Crippen LogP contribution in [0.3, 0.4) is 0 Å². The molecule has 0 aliphatic carbocycles. The first-order valence-corrected chi connectivity index (χ1v) is 6.68. The summed E-state index contributed by atoms with van der Waals surface area (Å²) in [5.41, 5.74) is 6.85. The highest BCUT2D eigenvalue weighted by molar-refractivity contribution is 7.07. The van der Waals surface area contributed by atoms with Crippen LogP contribution in [-0.2, 0) is 11.2 Å². The lowest BCUT2D eigenvalue weighted by molar-refractivity contribution is -0.121. The molecule has 3 N–H and O–H groups in total. The van der Waals surface area contributed by atoms with Crippen LogP contribution in [0.5, 0.6) is 0 Å². The molecule has 3 nitrogen and oxygen atoms in total. The van der Waals surface area contributed by atoms with Crippen LogP contribution in [-0.4, -0.2) is 19.0 Å². The van der Waals surface area contributed by atoms with Crippen LogP contribution in [0, 0.1) is 5.92 Å². The van der Waals surface area contributed by atoms with Gasteiger partial charge in [0.25, 0.3) is 0 Å². The van der Waals surface area contributed by atoms with Crippen molar-refractivity contribution >= 4 is 17.2 Å². The van der Waals surface area contributed by atoms with Gasteiger partial charge in [-0.2, -0.15) is 11.3 Å². The van der Waals surface area contributed by atoms with Gasteiger partial charge in [-0.1, -0.05) is 13.3 Å². The van der Waals surface area contributed by atoms with Crippen molar-refractivity contribution in [2.75, 3.05) is 13.1 Å². The number of amides is 1. The molecule has 4 heteroatoms. The number of hydrogen-bond acceptors (Lipinski definition) is 3. The summed E-state index contributed by atoms with van der Waals surface area (Å²) >= 11 is 1.69. The SMILES string of the molecule is CCC(CN)CC(=O)NCCc1ccsc1. The summed E-state index contributed by atoms with van der Waals surface area (Å²) in [7, 11) is 0. The molecule has 0 saturated carbocycles. The second kappa shape index (κ2) is 7.41. The largest absolute Gasteiger partial charge is 0.356 e. The summed E-state index contributed by atoms with van der Waals surface area (Å²) < 4.78 is 0. The molecule has 0 saturated heterocycles. The van der Waals surface area contributed by atoms with E-state index in [0.717, 1.165) is 19.4 Å². The molecule has 0 fully saturated rings. The van der Waals surface area contributed by atoms with E-state index in [2.05, 4.69) is 29.1 Å². The number of carbonyl (C=O) groups excluding carboxylic acids is 1. The molecule has 0 aliphatic rings. The van der Waals surface area contributed by atoms with Crippen LogP contribution in [0.25, 0.3) is 0 Å². The maximum atomic E-state index is 11.5. The van der Waals surface area contributed by atoms with Gasteiger partial charge in [0.15, 0.2) is 0 Å². The minimum absolute atomic E-state index is 0.118. The van der Waals surface area contributed by atoms with E-state index in [1.54, 1.807) is 11.3 Å². The lowest BCUT2D eigenvalue weighted by Gasteiger charge is -2.11. The first-order valence-electron chi connectivity index (χ1n) is 5.74. The monoisotopic (exact) mass is 240 g/mol. The third-order valence-corrected chi connectivity index (χ3v) is 3.43. The molecule has 0 aromatic carbocycles. The Kier molecular flexibility index (Phi) is 6.11. The zero-order valence-electron chi connectivity index (χ0n) is 9.74. The molecule has 1 amide bonds. The van der Waals surface area contributed by atoms with E-state index in [4.69, 9.17) is 5.73 Å². The molecular weight excluding hydrogens is 220 g/mol. The highest BCUT2D eigenvalue weighted by Crippen LogP contribution is 2.07. The van der Waals surface area contributed by atoms with Gasteiger partial charge < -0.3 is 11.1 Å². The van der Waals surface area contributed by atoms with Gasteiger partial charge in [-0.3, -0.25) is 4.79 Å². The Balaban J connectivity index is 2.15. The predicted octanol–water partition coefficient (Wildman–Crippen LogP) is 1.78. The predicted molar refractivity (Wildman–Crippen MR) is 68.5 cm³/mol. The van der Waals surface area contributed by atoms with Gasteiger partial charge >= 0.3 is 0 Å². The van der Waals surface area contributed by atoms with E-state index >= 15 is 0 Å². The van der Waals surface area contributed by atoms with Crippen molar-refractivity contribution in [3.8, 4) is 0 Å². The Morgan fingerprint density at radius 1 is 1.62 bits per heavy atom. The van der Waals surface area contributed by atoms with Crippen LogP contribution in [0.2, 0.25) is 0 Å². The summed E-state index contributed by atoms with van der Waals surface area (Å²) in [6.45, 7) is 3.38. The van der Waals surface area contributed by atoms with Crippen LogP contribution in [0.15, 0.2) is 16.8 Å². The van der Waals surface area contributed by atoms with E-state index in [-0.39, 0.29) is 5.91 Å². The van der Waals surface area contributed by atoms with Crippen LogP contribution >= 0.6 is 11.3 Å². The topological polar surface area (TPSA) is 55.1 Å². The van der Waals surface area contributed by atoms with Crippen LogP contribution in [0.4, 0.5) is 0 Å². The summed E-state index contributed by atoms with van der Waals surface area (Å²) in [6.07, 6.45) is 2.43. The second-order valence-corrected chi connectivity index (χ2v) is 4.73. The molecule has 0 spiro atoms. The quantitative estimate of drug-likeness (QED) is 0.763. The third-order valence-electron chi connectivity index (χ3n) is 2.70. The molecule has 1 rings (SSSR count). The number of nitrogens with one attached hydrogen (secondary N) is 1. The number of hydrogen-bond donors (Lipinski definition) is 2. The van der Waals surface area contributed by atoms with Crippen molar-refractivity contribution in [3.05, 3.63) is 22.4 Å². The Morgan fingerprint density at radius 2 is 2.44 bits per heavy atom. The summed E-state index contributed by atoms with van der Waals surface area (Å²) in [6, 6.07) is 2.09. The van der Waals surface area contributed by atoms with E-state index in [1.165, 1.54) is 5.56 Å². The van der Waals surface area contributed by atoms with Crippen molar-refractivity contribution in [2.45, 2.75) is 26.2 Å². The fraction of sp³-hybridized carbons (Fsp3) is 0.583. The van der Waals surface area contributed by atoms with Crippen LogP contribution in [0.1, 0.15) is 25.3 Å². The Morgan fingerprint density at radius 3 is 3.00 bits per heavy atom. The highest BCUT2D eigenvalue weighted by atomic mass is 32.1. The molecule has 1 unspecified atom stereocenters. The molecule has 16 heavy (non-hydrogen) atoms. The van der Waals surface area contributed by atoms with Crippen LogP contribution < -0.4 is 11.1 Å². The van der Waals surface area contributed by atoms with Crippen molar-refractivity contribution in [2.24, 2.45) is 11.7 Å². The molecule has 1 heterocycles. The summed E-state index contributed by atoms with van der Waals surface area (Å²) in [4.78, 5) is 11.5. The van der Waals surface area contributed by atoms with Gasteiger partial charge in [-0.15, -0.1) is 0 Å². The molecule has 1 atom stereocenters. The molecule has 0 radical (unpaired) electrons. The lowest BCUT2D eigenvalue weighted by Crippen LogP contribution is -2.29. The van der Waals surface area contributed by atoms with Gasteiger partial charge in [0.05, 0.1) is 0 Å². The van der Waals surface area contributed by atoms with Gasteiger partial charge in [-0.25, -0.2) is 0 Å². The van der Waals surface area contributed by atoms with E-state index in [0.29, 0.717) is 18.9 Å². The van der Waals surface area contributed by atoms with Gasteiger partial charge in [0, 0.05) is 13.0 Å². The van der Waals surface area contributed by atoms with Gasteiger partial charge in [0.2, 0.25) is 5.91 Å². The Bertz CT molecular complexity index is 294. The fourth-order valence-electron chi connectivity index (χ4n) is 1.51. The molecule has 1 aromatic rings. The molecule has 1 aromatic heterocycles. The lowest BCUT2D eigenvalue weighted by atomic mass is 10.0. The molecule has 0 bridgehead atoms. The zero-order chi connectivity index (χ0) is 11.8. The average Bonchev–Trinajstić information content (AvgIpc) is 2.79. The number of nitrogens with two attached hydrogens (primary N) is 1. The van der Waals surface area contributed by atoms with E-state index < -0.39 is 0 Å². The molecule has 90 valence electrons. The fourth-order valence-corrected chi connectivity index (χ4v) is 2.21. The van der Waals surface area contributed by atoms with Gasteiger partial charge in [-0.05, 0) is 41.3 Å². The minimum atomic E-state index is 0.118.